The molecule has 0 amide bonds. The van der Waals surface area contributed by atoms with Crippen molar-refractivity contribution in [2.75, 3.05) is 5.32 Å². The van der Waals surface area contributed by atoms with Crippen LogP contribution in [0.4, 0.5) is 18.9 Å². The number of nitrogens with one attached hydrogen (secondary N) is 1. The lowest BCUT2D eigenvalue weighted by Crippen LogP contribution is -2.09. The molecule has 0 aliphatic rings. The van der Waals surface area contributed by atoms with Gasteiger partial charge in [-0.25, -0.2) is 13.2 Å². The molecule has 0 saturated carbocycles. The molecule has 100 valence electrons. The number of rotatable bonds is 3. The van der Waals surface area contributed by atoms with Crippen molar-refractivity contribution in [2.45, 2.75) is 13.0 Å². The average molecular weight is 267 g/mol. The molecule has 1 unspecified atom stereocenters. The molecule has 0 bridgehead atoms. The van der Waals surface area contributed by atoms with Gasteiger partial charge in [-0.3, -0.25) is 0 Å². The van der Waals surface area contributed by atoms with Gasteiger partial charge in [0.25, 0.3) is 0 Å². The van der Waals surface area contributed by atoms with E-state index in [1.807, 2.05) is 0 Å². The minimum Gasteiger partial charge on any atom is -0.508 e. The Bertz CT molecular complexity index is 601. The second-order valence-corrected chi connectivity index (χ2v) is 4.21. The highest BCUT2D eigenvalue weighted by molar-refractivity contribution is 5.48. The van der Waals surface area contributed by atoms with Crippen LogP contribution in [0.25, 0.3) is 0 Å². The van der Waals surface area contributed by atoms with Gasteiger partial charge in [-0.05, 0) is 24.6 Å². The van der Waals surface area contributed by atoms with Gasteiger partial charge in [0, 0.05) is 18.2 Å². The lowest BCUT2D eigenvalue weighted by atomic mass is 10.1. The Balaban J connectivity index is 2.26. The summed E-state index contributed by atoms with van der Waals surface area (Å²) in [5.74, 6) is -3.17. The number of phenols is 1. The third-order valence-corrected chi connectivity index (χ3v) is 2.74. The van der Waals surface area contributed by atoms with Gasteiger partial charge in [0.1, 0.15) is 11.6 Å². The monoisotopic (exact) mass is 267 g/mol. The largest absolute Gasteiger partial charge is 0.508 e. The van der Waals surface area contributed by atoms with E-state index in [0.717, 1.165) is 6.07 Å². The van der Waals surface area contributed by atoms with Crippen molar-refractivity contribution >= 4 is 5.69 Å². The molecule has 2 aromatic carbocycles. The van der Waals surface area contributed by atoms with Crippen molar-refractivity contribution in [2.24, 2.45) is 0 Å². The molecular formula is C14H12F3NO. The minimum absolute atomic E-state index is 0.0667. The summed E-state index contributed by atoms with van der Waals surface area (Å²) in [5.41, 5.74) is 0.414. The van der Waals surface area contributed by atoms with E-state index in [1.165, 1.54) is 12.1 Å². The molecule has 2 N–H and O–H groups in total. The van der Waals surface area contributed by atoms with E-state index in [2.05, 4.69) is 5.32 Å². The van der Waals surface area contributed by atoms with Crippen molar-refractivity contribution in [1.29, 1.82) is 0 Å². The second-order valence-electron chi connectivity index (χ2n) is 4.21. The van der Waals surface area contributed by atoms with Gasteiger partial charge in [0.05, 0.1) is 5.69 Å². The van der Waals surface area contributed by atoms with Crippen molar-refractivity contribution in [3.8, 4) is 5.75 Å². The maximum atomic E-state index is 13.5. The highest BCUT2D eigenvalue weighted by Crippen LogP contribution is 2.25. The predicted molar refractivity (Wildman–Crippen MR) is 66.5 cm³/mol. The van der Waals surface area contributed by atoms with E-state index in [-0.39, 0.29) is 11.4 Å². The zero-order chi connectivity index (χ0) is 14.0. The van der Waals surface area contributed by atoms with E-state index < -0.39 is 23.5 Å². The van der Waals surface area contributed by atoms with Crippen LogP contribution in [0, 0.1) is 17.5 Å². The molecule has 1 atom stereocenters. The van der Waals surface area contributed by atoms with Crippen LogP contribution >= 0.6 is 0 Å². The quantitative estimate of drug-likeness (QED) is 0.824. The summed E-state index contributed by atoms with van der Waals surface area (Å²) in [6.07, 6.45) is 0. The first kappa shape index (κ1) is 13.3. The Kier molecular flexibility index (Phi) is 3.64. The fourth-order valence-electron chi connectivity index (χ4n) is 1.77. The highest BCUT2D eigenvalue weighted by atomic mass is 19.2. The van der Waals surface area contributed by atoms with Crippen LogP contribution in [0.3, 0.4) is 0 Å². The normalized spacial score (nSPS) is 12.2. The Labute approximate surface area is 108 Å². The first-order chi connectivity index (χ1) is 8.97. The lowest BCUT2D eigenvalue weighted by molar-refractivity contribution is 0.474. The summed E-state index contributed by atoms with van der Waals surface area (Å²) in [4.78, 5) is 0. The lowest BCUT2D eigenvalue weighted by Gasteiger charge is -2.16. The van der Waals surface area contributed by atoms with Gasteiger partial charge in [0.15, 0.2) is 11.6 Å². The average Bonchev–Trinajstić information content (AvgIpc) is 2.35. The molecule has 0 aromatic heterocycles. The molecule has 0 fully saturated rings. The topological polar surface area (TPSA) is 32.3 Å². The summed E-state index contributed by atoms with van der Waals surface area (Å²) in [6, 6.07) is 7.29. The van der Waals surface area contributed by atoms with Crippen molar-refractivity contribution in [3.05, 3.63) is 59.4 Å². The van der Waals surface area contributed by atoms with Gasteiger partial charge < -0.3 is 10.4 Å². The number of anilines is 1. The van der Waals surface area contributed by atoms with Crippen LogP contribution < -0.4 is 5.32 Å². The summed E-state index contributed by atoms with van der Waals surface area (Å²) in [7, 11) is 0. The van der Waals surface area contributed by atoms with E-state index in [4.69, 9.17) is 0 Å². The van der Waals surface area contributed by atoms with Crippen molar-refractivity contribution in [1.82, 2.24) is 0 Å². The standard InChI is InChI=1S/C14H12F3NO/c1-8(9-3-2-4-11(19)5-9)18-13-7-10(15)6-12(16)14(13)17/h2-8,18-19H,1H3. The number of hydrogen-bond acceptors (Lipinski definition) is 2. The summed E-state index contributed by atoms with van der Waals surface area (Å²) < 4.78 is 39.6. The number of benzene rings is 2. The Morgan fingerprint density at radius 1 is 1.11 bits per heavy atom. The van der Waals surface area contributed by atoms with Crippen LogP contribution in [-0.2, 0) is 0 Å². The minimum atomic E-state index is -1.24. The van der Waals surface area contributed by atoms with Gasteiger partial charge in [-0.1, -0.05) is 12.1 Å². The zero-order valence-electron chi connectivity index (χ0n) is 10.1. The van der Waals surface area contributed by atoms with E-state index in [0.29, 0.717) is 11.6 Å². The Hall–Kier alpha value is -2.17. The molecule has 0 heterocycles. The van der Waals surface area contributed by atoms with E-state index in [1.54, 1.807) is 19.1 Å². The van der Waals surface area contributed by atoms with Gasteiger partial charge in [0.2, 0.25) is 0 Å². The van der Waals surface area contributed by atoms with E-state index in [9.17, 15) is 18.3 Å². The van der Waals surface area contributed by atoms with Gasteiger partial charge in [-0.2, -0.15) is 0 Å². The molecule has 0 aliphatic heterocycles. The third kappa shape index (κ3) is 2.99. The number of hydrogen-bond donors (Lipinski definition) is 2. The Morgan fingerprint density at radius 3 is 2.53 bits per heavy atom. The van der Waals surface area contributed by atoms with Crippen molar-refractivity contribution < 1.29 is 18.3 Å². The maximum Gasteiger partial charge on any atom is 0.182 e. The second kappa shape index (κ2) is 5.22. The fraction of sp³-hybridized carbons (Fsp3) is 0.143. The predicted octanol–water partition coefficient (Wildman–Crippen LogP) is 3.98. The van der Waals surface area contributed by atoms with Crippen molar-refractivity contribution in [3.63, 3.8) is 0 Å². The number of phenolic OH excluding ortho intramolecular Hbond substituents is 1. The smallest absolute Gasteiger partial charge is 0.182 e. The summed E-state index contributed by atoms with van der Waals surface area (Å²) in [6.45, 7) is 1.69. The van der Waals surface area contributed by atoms with Crippen LogP contribution in [-0.4, -0.2) is 5.11 Å². The third-order valence-electron chi connectivity index (χ3n) is 2.74. The summed E-state index contributed by atoms with van der Waals surface area (Å²) >= 11 is 0. The summed E-state index contributed by atoms with van der Waals surface area (Å²) in [5, 5.41) is 12.0. The van der Waals surface area contributed by atoms with Gasteiger partial charge in [-0.15, -0.1) is 0 Å². The van der Waals surface area contributed by atoms with Crippen LogP contribution in [0.15, 0.2) is 36.4 Å². The first-order valence-electron chi connectivity index (χ1n) is 5.67. The first-order valence-corrected chi connectivity index (χ1v) is 5.67. The molecule has 2 aromatic rings. The van der Waals surface area contributed by atoms with Crippen LogP contribution in [0.1, 0.15) is 18.5 Å². The SMILES string of the molecule is CC(Nc1cc(F)cc(F)c1F)c1cccc(O)c1. The molecule has 5 heteroatoms. The number of halogens is 3. The molecular weight excluding hydrogens is 255 g/mol. The van der Waals surface area contributed by atoms with Crippen LogP contribution in [0.5, 0.6) is 5.75 Å². The zero-order valence-corrected chi connectivity index (χ0v) is 10.1. The maximum absolute atomic E-state index is 13.5. The molecule has 0 aliphatic carbocycles. The Morgan fingerprint density at radius 2 is 1.84 bits per heavy atom. The van der Waals surface area contributed by atoms with Gasteiger partial charge >= 0.3 is 0 Å². The van der Waals surface area contributed by atoms with E-state index >= 15 is 0 Å². The molecule has 2 rings (SSSR count). The molecule has 2 nitrogen and oxygen atoms in total. The molecule has 19 heavy (non-hydrogen) atoms. The van der Waals surface area contributed by atoms with Crippen LogP contribution in [0.2, 0.25) is 0 Å². The molecule has 0 radical (unpaired) electrons. The fourth-order valence-corrected chi connectivity index (χ4v) is 1.77. The molecule has 0 spiro atoms. The number of aromatic hydroxyl groups is 1. The highest BCUT2D eigenvalue weighted by Gasteiger charge is 2.14. The molecule has 0 saturated heterocycles.